The Morgan fingerprint density at radius 1 is 1.09 bits per heavy atom. The quantitative estimate of drug-likeness (QED) is 0.854. The highest BCUT2D eigenvalue weighted by atomic mass is 32.2. The van der Waals surface area contributed by atoms with Crippen LogP contribution < -0.4 is 0 Å². The maximum atomic E-state index is 12.5. The Labute approximate surface area is 132 Å². The Balaban J connectivity index is 1.53. The van der Waals surface area contributed by atoms with Crippen LogP contribution >= 0.6 is 0 Å². The molecule has 0 aliphatic carbocycles. The van der Waals surface area contributed by atoms with Crippen LogP contribution in [0.5, 0.6) is 0 Å². The fraction of sp³-hybridized carbons (Fsp3) is 0.588. The normalized spacial score (nSPS) is 25.3. The first kappa shape index (κ1) is 15.5. The minimum atomic E-state index is -2.89. The molecule has 0 N–H and O–H groups in total. The first-order valence-corrected chi connectivity index (χ1v) is 9.89. The van der Waals surface area contributed by atoms with Crippen LogP contribution in [0.2, 0.25) is 0 Å². The van der Waals surface area contributed by atoms with Crippen LogP contribution in [0.1, 0.15) is 24.8 Å². The third kappa shape index (κ3) is 3.69. The summed E-state index contributed by atoms with van der Waals surface area (Å²) in [6.45, 7) is 1.64. The Bertz CT molecular complexity index is 613. The molecule has 0 bridgehead atoms. The van der Waals surface area contributed by atoms with Crippen LogP contribution in [-0.4, -0.2) is 43.8 Å². The molecule has 0 aromatic heterocycles. The van der Waals surface area contributed by atoms with Gasteiger partial charge in [0.05, 0.1) is 11.5 Å². The largest absolute Gasteiger partial charge is 0.342 e. The Kier molecular flexibility index (Phi) is 4.52. The molecule has 1 amide bonds. The average Bonchev–Trinajstić information content (AvgIpc) is 2.96. The number of benzene rings is 1. The lowest BCUT2D eigenvalue weighted by molar-refractivity contribution is -0.134. The number of hydrogen-bond acceptors (Lipinski definition) is 3. The number of likely N-dealkylation sites (tertiary alicyclic amines) is 1. The van der Waals surface area contributed by atoms with Crippen molar-refractivity contribution < 1.29 is 13.2 Å². The van der Waals surface area contributed by atoms with Crippen molar-refractivity contribution in [2.45, 2.75) is 25.7 Å². The summed E-state index contributed by atoms with van der Waals surface area (Å²) in [6.07, 6.45) is 3.07. The highest BCUT2D eigenvalue weighted by Crippen LogP contribution is 2.26. The molecule has 3 rings (SSSR count). The Morgan fingerprint density at radius 2 is 1.77 bits per heavy atom. The summed E-state index contributed by atoms with van der Waals surface area (Å²) >= 11 is 0. The van der Waals surface area contributed by atoms with E-state index in [1.807, 2.05) is 11.0 Å². The van der Waals surface area contributed by atoms with Crippen molar-refractivity contribution in [1.29, 1.82) is 0 Å². The van der Waals surface area contributed by atoms with E-state index >= 15 is 0 Å². The van der Waals surface area contributed by atoms with Gasteiger partial charge >= 0.3 is 0 Å². The molecule has 1 aromatic carbocycles. The highest BCUT2D eigenvalue weighted by molar-refractivity contribution is 7.91. The minimum absolute atomic E-state index is 0.0843. The van der Waals surface area contributed by atoms with Crippen LogP contribution in [0.25, 0.3) is 0 Å². The summed E-state index contributed by atoms with van der Waals surface area (Å²) in [4.78, 5) is 14.5. The maximum absolute atomic E-state index is 12.5. The average molecular weight is 321 g/mol. The molecule has 2 aliphatic heterocycles. The zero-order valence-corrected chi connectivity index (χ0v) is 13.6. The van der Waals surface area contributed by atoms with Crippen LogP contribution in [-0.2, 0) is 21.1 Å². The predicted octanol–water partition coefficient (Wildman–Crippen LogP) is 1.90. The van der Waals surface area contributed by atoms with Gasteiger partial charge in [0.1, 0.15) is 9.84 Å². The lowest BCUT2D eigenvalue weighted by atomic mass is 9.98. The highest BCUT2D eigenvalue weighted by Gasteiger charge is 2.34. The fourth-order valence-electron chi connectivity index (χ4n) is 3.54. The van der Waals surface area contributed by atoms with Gasteiger partial charge in [-0.1, -0.05) is 30.3 Å². The zero-order valence-electron chi connectivity index (χ0n) is 12.8. The van der Waals surface area contributed by atoms with Gasteiger partial charge in [0.2, 0.25) is 5.91 Å². The first-order valence-electron chi connectivity index (χ1n) is 8.07. The lowest BCUT2D eigenvalue weighted by Crippen LogP contribution is -2.38. The van der Waals surface area contributed by atoms with Crippen molar-refractivity contribution in [3.05, 3.63) is 35.9 Å². The number of carbonyl (C=O) groups is 1. The van der Waals surface area contributed by atoms with Gasteiger partial charge in [0, 0.05) is 19.0 Å². The third-order valence-electron chi connectivity index (χ3n) is 4.87. The van der Waals surface area contributed by atoms with Gasteiger partial charge in [-0.05, 0) is 37.2 Å². The molecular weight excluding hydrogens is 298 g/mol. The summed E-state index contributed by atoms with van der Waals surface area (Å²) in [5, 5.41) is 0. The summed E-state index contributed by atoms with van der Waals surface area (Å²) < 4.78 is 22.9. The molecule has 120 valence electrons. The molecule has 1 atom stereocenters. The number of sulfone groups is 1. The molecule has 2 fully saturated rings. The summed E-state index contributed by atoms with van der Waals surface area (Å²) in [5.41, 5.74) is 1.32. The van der Waals surface area contributed by atoms with E-state index in [1.54, 1.807) is 0 Å². The van der Waals surface area contributed by atoms with Gasteiger partial charge in [-0.3, -0.25) is 4.79 Å². The second-order valence-corrected chi connectivity index (χ2v) is 8.86. The molecule has 1 unspecified atom stereocenters. The van der Waals surface area contributed by atoms with E-state index in [9.17, 15) is 13.2 Å². The second-order valence-electron chi connectivity index (χ2n) is 6.55. The molecule has 2 saturated heterocycles. The van der Waals surface area contributed by atoms with E-state index in [4.69, 9.17) is 0 Å². The molecule has 1 aromatic rings. The van der Waals surface area contributed by atoms with Crippen molar-refractivity contribution in [3.8, 4) is 0 Å². The molecule has 2 heterocycles. The Hall–Kier alpha value is -1.36. The molecular formula is C17H23NO3S. The molecule has 0 spiro atoms. The molecule has 22 heavy (non-hydrogen) atoms. The van der Waals surface area contributed by atoms with Crippen LogP contribution in [0.3, 0.4) is 0 Å². The van der Waals surface area contributed by atoms with Crippen molar-refractivity contribution in [1.82, 2.24) is 4.90 Å². The lowest BCUT2D eigenvalue weighted by Gasteiger charge is -2.26. The van der Waals surface area contributed by atoms with Crippen LogP contribution in [0.15, 0.2) is 30.3 Å². The van der Waals surface area contributed by atoms with E-state index in [2.05, 4.69) is 24.3 Å². The van der Waals surface area contributed by atoms with E-state index in [1.165, 1.54) is 5.56 Å². The molecule has 4 nitrogen and oxygen atoms in total. The molecule has 2 aliphatic rings. The SMILES string of the molecule is O=C(C1CCS(=O)(=O)CC1)N1CCC(Cc2ccccc2)C1. The first-order chi connectivity index (χ1) is 10.5. The third-order valence-corrected chi connectivity index (χ3v) is 6.58. The summed E-state index contributed by atoms with van der Waals surface area (Å²) in [7, 11) is -2.89. The number of amides is 1. The molecule has 5 heteroatoms. The van der Waals surface area contributed by atoms with Gasteiger partial charge in [-0.2, -0.15) is 0 Å². The van der Waals surface area contributed by atoms with E-state index in [0.717, 1.165) is 25.9 Å². The van der Waals surface area contributed by atoms with Crippen molar-refractivity contribution in [3.63, 3.8) is 0 Å². The van der Waals surface area contributed by atoms with Crippen molar-refractivity contribution >= 4 is 15.7 Å². The summed E-state index contributed by atoms with van der Waals surface area (Å²) in [6, 6.07) is 10.4. The molecule has 0 radical (unpaired) electrons. The van der Waals surface area contributed by atoms with Crippen LogP contribution in [0, 0.1) is 11.8 Å². The van der Waals surface area contributed by atoms with Gasteiger partial charge in [-0.25, -0.2) is 8.42 Å². The monoisotopic (exact) mass is 321 g/mol. The van der Waals surface area contributed by atoms with E-state index < -0.39 is 9.84 Å². The van der Waals surface area contributed by atoms with Crippen molar-refractivity contribution in [2.75, 3.05) is 24.6 Å². The smallest absolute Gasteiger partial charge is 0.225 e. The van der Waals surface area contributed by atoms with Gasteiger partial charge in [-0.15, -0.1) is 0 Å². The van der Waals surface area contributed by atoms with Crippen LogP contribution in [0.4, 0.5) is 0 Å². The standard InChI is InChI=1S/C17H23NO3S/c19-17(16-7-10-22(20,21)11-8-16)18-9-6-15(13-18)12-14-4-2-1-3-5-14/h1-5,15-16H,6-13H2. The second kappa shape index (κ2) is 6.41. The number of hydrogen-bond donors (Lipinski definition) is 0. The number of nitrogens with zero attached hydrogens (tertiary/aromatic N) is 1. The van der Waals surface area contributed by atoms with Gasteiger partial charge < -0.3 is 4.90 Å². The fourth-order valence-corrected chi connectivity index (χ4v) is 5.03. The van der Waals surface area contributed by atoms with Gasteiger partial charge in [0.15, 0.2) is 0 Å². The maximum Gasteiger partial charge on any atom is 0.225 e. The topological polar surface area (TPSA) is 54.5 Å². The summed E-state index contributed by atoms with van der Waals surface area (Å²) in [5.74, 6) is 0.957. The number of carbonyl (C=O) groups excluding carboxylic acids is 1. The van der Waals surface area contributed by atoms with Gasteiger partial charge in [0.25, 0.3) is 0 Å². The zero-order chi connectivity index (χ0) is 15.6. The predicted molar refractivity (Wildman–Crippen MR) is 86.2 cm³/mol. The minimum Gasteiger partial charge on any atom is -0.342 e. The van der Waals surface area contributed by atoms with E-state index in [-0.39, 0.29) is 23.3 Å². The number of rotatable bonds is 3. The molecule has 0 saturated carbocycles. The Morgan fingerprint density at radius 3 is 2.45 bits per heavy atom. The van der Waals surface area contributed by atoms with E-state index in [0.29, 0.717) is 18.8 Å². The van der Waals surface area contributed by atoms with Crippen molar-refractivity contribution in [2.24, 2.45) is 11.8 Å².